The van der Waals surface area contributed by atoms with E-state index in [1.54, 1.807) is 5.48 Å². The number of hydrogen-bond donors (Lipinski definition) is 2. The van der Waals surface area contributed by atoms with E-state index in [-0.39, 0.29) is 0 Å². The van der Waals surface area contributed by atoms with Gasteiger partial charge in [-0.1, -0.05) is 32.1 Å². The van der Waals surface area contributed by atoms with Crippen molar-refractivity contribution in [3.8, 4) is 0 Å². The van der Waals surface area contributed by atoms with E-state index in [1.807, 2.05) is 19.9 Å². The SMILES string of the molecule is CCCN(CCC)c1ccc(C=C(C)C(C)=CC(=O)NO)cc1. The molecule has 0 aliphatic carbocycles. The van der Waals surface area contributed by atoms with Gasteiger partial charge in [-0.2, -0.15) is 0 Å². The van der Waals surface area contributed by atoms with Crippen LogP contribution in [0.15, 0.2) is 41.5 Å². The molecular weight excluding hydrogens is 288 g/mol. The normalized spacial score (nSPS) is 12.2. The molecule has 0 saturated carbocycles. The van der Waals surface area contributed by atoms with Crippen molar-refractivity contribution in [1.82, 2.24) is 5.48 Å². The van der Waals surface area contributed by atoms with E-state index in [2.05, 4.69) is 43.0 Å². The average molecular weight is 316 g/mol. The summed E-state index contributed by atoms with van der Waals surface area (Å²) in [7, 11) is 0. The first kappa shape index (κ1) is 19.0. The Labute approximate surface area is 139 Å². The summed E-state index contributed by atoms with van der Waals surface area (Å²) in [5.41, 5.74) is 5.76. The molecule has 4 heteroatoms. The van der Waals surface area contributed by atoms with E-state index in [0.29, 0.717) is 0 Å². The number of hydroxylamine groups is 1. The van der Waals surface area contributed by atoms with Crippen LogP contribution in [-0.4, -0.2) is 24.2 Å². The van der Waals surface area contributed by atoms with Gasteiger partial charge in [-0.3, -0.25) is 10.0 Å². The summed E-state index contributed by atoms with van der Waals surface area (Å²) in [5, 5.41) is 8.56. The largest absolute Gasteiger partial charge is 0.372 e. The molecule has 126 valence electrons. The van der Waals surface area contributed by atoms with Gasteiger partial charge >= 0.3 is 0 Å². The molecule has 0 atom stereocenters. The zero-order valence-corrected chi connectivity index (χ0v) is 14.6. The molecule has 1 rings (SSSR count). The Balaban J connectivity index is 2.89. The number of carbonyl (C=O) groups excluding carboxylic acids is 1. The van der Waals surface area contributed by atoms with Gasteiger partial charge in [0.1, 0.15) is 0 Å². The fraction of sp³-hybridized carbons (Fsp3) is 0.421. The number of nitrogens with one attached hydrogen (secondary N) is 1. The van der Waals surface area contributed by atoms with Gasteiger partial charge in [-0.25, -0.2) is 5.48 Å². The summed E-state index contributed by atoms with van der Waals surface area (Å²) in [4.78, 5) is 13.6. The van der Waals surface area contributed by atoms with Crippen molar-refractivity contribution in [2.75, 3.05) is 18.0 Å². The quantitative estimate of drug-likeness (QED) is 0.327. The number of amides is 1. The molecule has 2 N–H and O–H groups in total. The maximum absolute atomic E-state index is 11.2. The molecule has 23 heavy (non-hydrogen) atoms. The Morgan fingerprint density at radius 2 is 1.65 bits per heavy atom. The summed E-state index contributed by atoms with van der Waals surface area (Å²) in [6.07, 6.45) is 5.68. The lowest BCUT2D eigenvalue weighted by molar-refractivity contribution is -0.124. The second-order valence-electron chi connectivity index (χ2n) is 5.71. The maximum atomic E-state index is 11.2. The van der Waals surface area contributed by atoms with Crippen LogP contribution in [-0.2, 0) is 4.79 Å². The standard InChI is InChI=1S/C19H28N2O2/c1-5-11-21(12-6-2)18-9-7-17(8-10-18)13-15(3)16(4)14-19(22)20-23/h7-10,13-14,23H,5-6,11-12H2,1-4H3,(H,20,22). The van der Waals surface area contributed by atoms with Crippen LogP contribution in [0.4, 0.5) is 5.69 Å². The highest BCUT2D eigenvalue weighted by atomic mass is 16.5. The first-order chi connectivity index (χ1) is 11.0. The molecule has 0 fully saturated rings. The minimum atomic E-state index is -0.514. The molecule has 0 unspecified atom stereocenters. The minimum absolute atomic E-state index is 0.514. The molecular formula is C19H28N2O2. The van der Waals surface area contributed by atoms with Crippen LogP contribution in [0.25, 0.3) is 6.08 Å². The van der Waals surface area contributed by atoms with Gasteiger partial charge in [0.25, 0.3) is 5.91 Å². The third kappa shape index (κ3) is 6.28. The van der Waals surface area contributed by atoms with Crippen LogP contribution in [0.5, 0.6) is 0 Å². The zero-order valence-electron chi connectivity index (χ0n) is 14.6. The summed E-state index contributed by atoms with van der Waals surface area (Å²) < 4.78 is 0. The van der Waals surface area contributed by atoms with Crippen LogP contribution >= 0.6 is 0 Å². The van der Waals surface area contributed by atoms with E-state index < -0.39 is 5.91 Å². The van der Waals surface area contributed by atoms with Gasteiger partial charge in [0, 0.05) is 24.9 Å². The van der Waals surface area contributed by atoms with E-state index in [4.69, 9.17) is 5.21 Å². The highest BCUT2D eigenvalue weighted by Crippen LogP contribution is 2.19. The molecule has 0 saturated heterocycles. The third-order valence-electron chi connectivity index (χ3n) is 3.71. The number of nitrogens with zero attached hydrogens (tertiary/aromatic N) is 1. The Morgan fingerprint density at radius 3 is 2.13 bits per heavy atom. The molecule has 0 heterocycles. The number of allylic oxidation sites excluding steroid dienone is 2. The fourth-order valence-electron chi connectivity index (χ4n) is 2.40. The highest BCUT2D eigenvalue weighted by Gasteiger charge is 2.04. The first-order valence-corrected chi connectivity index (χ1v) is 8.17. The molecule has 0 radical (unpaired) electrons. The lowest BCUT2D eigenvalue weighted by Gasteiger charge is -2.23. The van der Waals surface area contributed by atoms with Crippen molar-refractivity contribution >= 4 is 17.7 Å². The van der Waals surface area contributed by atoms with E-state index in [0.717, 1.165) is 42.6 Å². The van der Waals surface area contributed by atoms with E-state index in [1.165, 1.54) is 11.8 Å². The van der Waals surface area contributed by atoms with Gasteiger partial charge in [0.05, 0.1) is 0 Å². The Hall–Kier alpha value is -2.07. The molecule has 0 bridgehead atoms. The Morgan fingerprint density at radius 1 is 1.09 bits per heavy atom. The summed E-state index contributed by atoms with van der Waals surface area (Å²) in [6, 6.07) is 8.47. The van der Waals surface area contributed by atoms with Crippen molar-refractivity contribution in [3.05, 3.63) is 47.1 Å². The number of hydrogen-bond acceptors (Lipinski definition) is 3. The molecule has 1 aromatic carbocycles. The third-order valence-corrected chi connectivity index (χ3v) is 3.71. The molecule has 0 aliphatic rings. The zero-order chi connectivity index (χ0) is 17.2. The van der Waals surface area contributed by atoms with Crippen molar-refractivity contribution in [1.29, 1.82) is 0 Å². The topological polar surface area (TPSA) is 52.6 Å². The second kappa shape index (κ2) is 9.85. The van der Waals surface area contributed by atoms with Gasteiger partial charge in [-0.15, -0.1) is 0 Å². The number of anilines is 1. The van der Waals surface area contributed by atoms with Crippen LogP contribution in [0.1, 0.15) is 46.1 Å². The average Bonchev–Trinajstić information content (AvgIpc) is 2.55. The summed E-state index contributed by atoms with van der Waals surface area (Å²) in [6.45, 7) is 10.3. The van der Waals surface area contributed by atoms with Gasteiger partial charge in [0.15, 0.2) is 0 Å². The molecule has 1 aromatic rings. The second-order valence-corrected chi connectivity index (χ2v) is 5.71. The lowest BCUT2D eigenvalue weighted by atomic mass is 10.0. The van der Waals surface area contributed by atoms with E-state index in [9.17, 15) is 4.79 Å². The molecule has 0 aliphatic heterocycles. The minimum Gasteiger partial charge on any atom is -0.372 e. The van der Waals surface area contributed by atoms with Crippen LogP contribution in [0, 0.1) is 0 Å². The monoisotopic (exact) mass is 316 g/mol. The predicted octanol–water partition coefficient (Wildman–Crippen LogP) is 4.17. The number of rotatable bonds is 8. The van der Waals surface area contributed by atoms with Gasteiger partial charge in [-0.05, 0) is 55.5 Å². The van der Waals surface area contributed by atoms with Crippen molar-refractivity contribution in [2.24, 2.45) is 0 Å². The van der Waals surface area contributed by atoms with Crippen molar-refractivity contribution in [3.63, 3.8) is 0 Å². The van der Waals surface area contributed by atoms with Gasteiger partial charge in [0.2, 0.25) is 0 Å². The Kier molecular flexibility index (Phi) is 8.13. The molecule has 0 spiro atoms. The molecule has 4 nitrogen and oxygen atoms in total. The van der Waals surface area contributed by atoms with Crippen LogP contribution < -0.4 is 10.4 Å². The van der Waals surface area contributed by atoms with Crippen molar-refractivity contribution in [2.45, 2.75) is 40.5 Å². The lowest BCUT2D eigenvalue weighted by Crippen LogP contribution is -2.24. The predicted molar refractivity (Wildman–Crippen MR) is 96.6 cm³/mol. The number of carbonyl (C=O) groups is 1. The maximum Gasteiger partial charge on any atom is 0.267 e. The molecule has 0 aromatic heterocycles. The smallest absolute Gasteiger partial charge is 0.267 e. The van der Waals surface area contributed by atoms with Crippen LogP contribution in [0.2, 0.25) is 0 Å². The molecule has 1 amide bonds. The number of benzene rings is 1. The van der Waals surface area contributed by atoms with E-state index >= 15 is 0 Å². The first-order valence-electron chi connectivity index (χ1n) is 8.17. The fourth-order valence-corrected chi connectivity index (χ4v) is 2.40. The van der Waals surface area contributed by atoms with Crippen LogP contribution in [0.3, 0.4) is 0 Å². The summed E-state index contributed by atoms with van der Waals surface area (Å²) >= 11 is 0. The Bertz CT molecular complexity index is 553. The van der Waals surface area contributed by atoms with Crippen molar-refractivity contribution < 1.29 is 10.0 Å². The van der Waals surface area contributed by atoms with Gasteiger partial charge < -0.3 is 4.90 Å². The summed E-state index contributed by atoms with van der Waals surface area (Å²) in [5.74, 6) is -0.514. The highest BCUT2D eigenvalue weighted by molar-refractivity contribution is 5.88.